The average Bonchev–Trinajstić information content (AvgIpc) is 3.54. The normalized spacial score (nSPS) is 11.7. The number of hydrogen-bond donors (Lipinski definition) is 1. The van der Waals surface area contributed by atoms with Gasteiger partial charge in [0.2, 0.25) is 0 Å². The van der Waals surface area contributed by atoms with Crippen LogP contribution in [0.3, 0.4) is 0 Å². The van der Waals surface area contributed by atoms with Crippen LogP contribution in [0.15, 0.2) is 65.1 Å². The largest absolute Gasteiger partial charge is 0.496 e. The van der Waals surface area contributed by atoms with Gasteiger partial charge >= 0.3 is 0 Å². The molecule has 3 aromatic heterocycles. The van der Waals surface area contributed by atoms with Crippen LogP contribution >= 0.6 is 11.3 Å². The second-order valence-corrected chi connectivity index (χ2v) is 10.9. The fourth-order valence-electron chi connectivity index (χ4n) is 3.99. The number of aromatic nitrogens is 5. The molecule has 5 aromatic rings. The predicted molar refractivity (Wildman–Crippen MR) is 152 cm³/mol. The standard InChI is InChI=1S/C26H24N6O6S2/c1-31-26(33)22(25-29-28-24(39-25)16-8-6-5-7-9-16)23-27-14-17(15-32(23)31)30-40(34,35)11-10-19-20(37-3)12-18(36-2)13-21(19)38-4/h5-15,30H,1-4H3. The van der Waals surface area contributed by atoms with Crippen LogP contribution in [0.25, 0.3) is 32.9 Å². The molecule has 0 aliphatic carbocycles. The SMILES string of the molecule is COc1cc(OC)c(C=CS(=O)(=O)Nc2cnc3c(-c4nnc(-c5ccccc5)s4)c(=O)n(C)n3c2)c(OC)c1. The molecule has 0 aliphatic rings. The molecule has 0 saturated carbocycles. The van der Waals surface area contributed by atoms with Gasteiger partial charge in [0, 0.05) is 24.7 Å². The number of nitrogens with zero attached hydrogens (tertiary/aromatic N) is 5. The molecule has 2 aromatic carbocycles. The van der Waals surface area contributed by atoms with E-state index in [-0.39, 0.29) is 16.8 Å². The molecule has 0 bridgehead atoms. The summed E-state index contributed by atoms with van der Waals surface area (Å²) in [6.45, 7) is 0. The minimum atomic E-state index is -4.00. The van der Waals surface area contributed by atoms with Gasteiger partial charge in [-0.2, -0.15) is 0 Å². The van der Waals surface area contributed by atoms with Crippen LogP contribution in [0.1, 0.15) is 5.56 Å². The van der Waals surface area contributed by atoms with E-state index < -0.39 is 10.0 Å². The van der Waals surface area contributed by atoms with Gasteiger partial charge < -0.3 is 14.2 Å². The second-order valence-electron chi connectivity index (χ2n) is 8.39. The topological polar surface area (TPSA) is 139 Å². The Morgan fingerprint density at radius 3 is 2.30 bits per heavy atom. The molecule has 1 N–H and O–H groups in total. The summed E-state index contributed by atoms with van der Waals surface area (Å²) in [6.07, 6.45) is 4.15. The van der Waals surface area contributed by atoms with Crippen LogP contribution < -0.4 is 24.5 Å². The summed E-state index contributed by atoms with van der Waals surface area (Å²) in [6, 6.07) is 12.7. The van der Waals surface area contributed by atoms with Crippen LogP contribution in [0, 0.1) is 0 Å². The first-order valence-electron chi connectivity index (χ1n) is 11.7. The molecule has 12 nitrogen and oxygen atoms in total. The van der Waals surface area contributed by atoms with Crippen LogP contribution in [0.5, 0.6) is 17.2 Å². The highest BCUT2D eigenvalue weighted by atomic mass is 32.2. The summed E-state index contributed by atoms with van der Waals surface area (Å²) in [5, 5.41) is 10.5. The van der Waals surface area contributed by atoms with E-state index in [0.29, 0.717) is 38.5 Å². The monoisotopic (exact) mass is 580 g/mol. The van der Waals surface area contributed by atoms with Gasteiger partial charge in [-0.05, 0) is 6.08 Å². The first-order chi connectivity index (χ1) is 19.2. The number of fused-ring (bicyclic) bond motifs is 1. The van der Waals surface area contributed by atoms with E-state index in [4.69, 9.17) is 14.2 Å². The van der Waals surface area contributed by atoms with Crippen molar-refractivity contribution in [2.24, 2.45) is 7.05 Å². The van der Waals surface area contributed by atoms with Crippen molar-refractivity contribution < 1.29 is 22.6 Å². The number of methoxy groups -OCH3 is 3. The second kappa shape index (κ2) is 10.8. The number of sulfonamides is 1. The molecule has 0 radical (unpaired) electrons. The van der Waals surface area contributed by atoms with Crippen LogP contribution in [0.4, 0.5) is 5.69 Å². The predicted octanol–water partition coefficient (Wildman–Crippen LogP) is 3.66. The maximum Gasteiger partial charge on any atom is 0.279 e. The van der Waals surface area contributed by atoms with Crippen molar-refractivity contribution in [2.75, 3.05) is 26.1 Å². The highest BCUT2D eigenvalue weighted by Crippen LogP contribution is 2.35. The Morgan fingerprint density at radius 2 is 1.65 bits per heavy atom. The molecule has 3 heterocycles. The Balaban J connectivity index is 1.45. The third-order valence-corrected chi connectivity index (χ3v) is 7.95. The van der Waals surface area contributed by atoms with Crippen molar-refractivity contribution in [3.63, 3.8) is 0 Å². The first-order valence-corrected chi connectivity index (χ1v) is 14.1. The van der Waals surface area contributed by atoms with E-state index in [0.717, 1.165) is 11.0 Å². The summed E-state index contributed by atoms with van der Waals surface area (Å²) < 4.78 is 47.0. The van der Waals surface area contributed by atoms with E-state index in [1.54, 1.807) is 19.2 Å². The molecule has 0 amide bonds. The Hall–Kier alpha value is -4.69. The number of nitrogens with one attached hydrogen (secondary N) is 1. The van der Waals surface area contributed by atoms with Crippen molar-refractivity contribution in [2.45, 2.75) is 0 Å². The minimum absolute atomic E-state index is 0.144. The van der Waals surface area contributed by atoms with Crippen molar-refractivity contribution in [1.29, 1.82) is 0 Å². The van der Waals surface area contributed by atoms with Crippen LogP contribution in [0.2, 0.25) is 0 Å². The van der Waals surface area contributed by atoms with Crippen molar-refractivity contribution >= 4 is 38.8 Å². The number of benzene rings is 2. The molecular weight excluding hydrogens is 556 g/mol. The highest BCUT2D eigenvalue weighted by molar-refractivity contribution is 7.95. The summed E-state index contributed by atoms with van der Waals surface area (Å²) in [5.41, 5.74) is 1.68. The molecule has 0 spiro atoms. The number of anilines is 1. The van der Waals surface area contributed by atoms with E-state index in [1.807, 2.05) is 30.3 Å². The number of rotatable bonds is 9. The van der Waals surface area contributed by atoms with Crippen molar-refractivity contribution in [3.8, 4) is 38.4 Å². The Kier molecular flexibility index (Phi) is 7.28. The number of ether oxygens (including phenoxy) is 3. The lowest BCUT2D eigenvalue weighted by Gasteiger charge is -2.12. The number of hydrogen-bond acceptors (Lipinski definition) is 10. The summed E-state index contributed by atoms with van der Waals surface area (Å²) in [5.74, 6) is 1.23. The van der Waals surface area contributed by atoms with Gasteiger partial charge in [0.05, 0.1) is 50.4 Å². The molecule has 5 rings (SSSR count). The zero-order valence-electron chi connectivity index (χ0n) is 21.9. The number of aryl methyl sites for hydroxylation is 1. The quantitative estimate of drug-likeness (QED) is 0.277. The lowest BCUT2D eigenvalue weighted by Crippen LogP contribution is -2.16. The molecule has 0 saturated heterocycles. The molecule has 14 heteroatoms. The summed E-state index contributed by atoms with van der Waals surface area (Å²) >= 11 is 1.27. The van der Waals surface area contributed by atoms with Gasteiger partial charge in [-0.1, -0.05) is 41.7 Å². The van der Waals surface area contributed by atoms with Gasteiger partial charge in [0.25, 0.3) is 15.6 Å². The van der Waals surface area contributed by atoms with E-state index in [2.05, 4.69) is 19.9 Å². The van der Waals surface area contributed by atoms with E-state index in [1.165, 1.54) is 60.3 Å². The lowest BCUT2D eigenvalue weighted by molar-refractivity contribution is 0.374. The highest BCUT2D eigenvalue weighted by Gasteiger charge is 2.21. The van der Waals surface area contributed by atoms with Gasteiger partial charge in [0.1, 0.15) is 27.8 Å². The molecular formula is C26H24N6O6S2. The van der Waals surface area contributed by atoms with Gasteiger partial charge in [-0.25, -0.2) is 22.6 Å². The summed E-state index contributed by atoms with van der Waals surface area (Å²) in [4.78, 5) is 17.5. The van der Waals surface area contributed by atoms with Crippen molar-refractivity contribution in [3.05, 3.63) is 76.2 Å². The van der Waals surface area contributed by atoms with Gasteiger partial charge in [-0.15, -0.1) is 10.2 Å². The Bertz CT molecular complexity index is 1870. The molecule has 0 fully saturated rings. The third-order valence-electron chi connectivity index (χ3n) is 5.95. The fourth-order valence-corrected chi connectivity index (χ4v) is 5.69. The average molecular weight is 581 g/mol. The van der Waals surface area contributed by atoms with Gasteiger partial charge in [0.15, 0.2) is 10.7 Å². The molecule has 0 unspecified atom stereocenters. The smallest absolute Gasteiger partial charge is 0.279 e. The maximum absolute atomic E-state index is 13.1. The fraction of sp³-hybridized carbons (Fsp3) is 0.154. The molecule has 0 atom stereocenters. The van der Waals surface area contributed by atoms with Gasteiger partial charge in [-0.3, -0.25) is 9.52 Å². The summed E-state index contributed by atoms with van der Waals surface area (Å²) in [7, 11) is 1.98. The Morgan fingerprint density at radius 1 is 0.975 bits per heavy atom. The van der Waals surface area contributed by atoms with E-state index in [9.17, 15) is 13.2 Å². The molecule has 0 aliphatic heterocycles. The Labute approximate surface area is 233 Å². The van der Waals surface area contributed by atoms with Crippen LogP contribution in [-0.2, 0) is 17.1 Å². The zero-order chi connectivity index (χ0) is 28.4. The first kappa shape index (κ1) is 26.9. The van der Waals surface area contributed by atoms with E-state index >= 15 is 0 Å². The zero-order valence-corrected chi connectivity index (χ0v) is 23.5. The van der Waals surface area contributed by atoms with Crippen LogP contribution in [-0.4, -0.2) is 54.1 Å². The minimum Gasteiger partial charge on any atom is -0.496 e. The molecule has 40 heavy (non-hydrogen) atoms. The van der Waals surface area contributed by atoms with Crippen molar-refractivity contribution in [1.82, 2.24) is 24.4 Å². The molecule has 206 valence electrons. The lowest BCUT2D eigenvalue weighted by atomic mass is 10.1. The maximum atomic E-state index is 13.1. The third kappa shape index (κ3) is 5.13.